The van der Waals surface area contributed by atoms with Crippen LogP contribution in [0.3, 0.4) is 0 Å². The van der Waals surface area contributed by atoms with Crippen LogP contribution in [0.25, 0.3) is 0 Å². The van der Waals surface area contributed by atoms with Crippen LogP contribution in [0.1, 0.15) is 12.1 Å². The Morgan fingerprint density at radius 3 is 2.68 bits per heavy atom. The van der Waals surface area contributed by atoms with Crippen molar-refractivity contribution in [2.45, 2.75) is 19.1 Å². The molecule has 1 aromatic heterocycles. The minimum atomic E-state index is -4.78. The molecule has 2 rings (SSSR count). The van der Waals surface area contributed by atoms with Gasteiger partial charge in [0.25, 0.3) is 0 Å². The summed E-state index contributed by atoms with van der Waals surface area (Å²) in [6.07, 6.45) is -5.25. The molecule has 0 bridgehead atoms. The smallest absolute Gasteiger partial charge is 0.406 e. The predicted molar refractivity (Wildman–Crippen MR) is 60.9 cm³/mol. The quantitative estimate of drug-likeness (QED) is 0.924. The van der Waals surface area contributed by atoms with Crippen molar-refractivity contribution in [1.82, 2.24) is 14.5 Å². The maximum Gasteiger partial charge on any atom is 0.406 e. The highest BCUT2D eigenvalue weighted by Crippen LogP contribution is 2.46. The van der Waals surface area contributed by atoms with E-state index >= 15 is 0 Å². The summed E-state index contributed by atoms with van der Waals surface area (Å²) in [4.78, 5) is 12.4. The molecule has 1 fully saturated rings. The number of carboxylic acids is 1. The topological polar surface area (TPSA) is 66.3 Å². The van der Waals surface area contributed by atoms with Gasteiger partial charge in [-0.15, -0.1) is 5.10 Å². The molecule has 2 heterocycles. The first kappa shape index (κ1) is 14.5. The third-order valence-electron chi connectivity index (χ3n) is 3.18. The van der Waals surface area contributed by atoms with Gasteiger partial charge in [0, 0.05) is 31.2 Å². The van der Waals surface area contributed by atoms with Crippen LogP contribution in [-0.4, -0.2) is 44.8 Å². The first-order valence-corrected chi connectivity index (χ1v) is 6.40. The van der Waals surface area contributed by atoms with E-state index in [0.29, 0.717) is 10.0 Å². The Labute approximate surface area is 115 Å². The van der Waals surface area contributed by atoms with E-state index < -0.39 is 30.5 Å². The van der Waals surface area contributed by atoms with Crippen molar-refractivity contribution in [3.63, 3.8) is 0 Å². The van der Waals surface area contributed by atoms with E-state index in [1.165, 1.54) is 4.90 Å². The number of rotatable bonds is 3. The highest BCUT2D eigenvalue weighted by atomic mass is 35.5. The molecule has 0 amide bonds. The molecule has 0 saturated carbocycles. The van der Waals surface area contributed by atoms with Gasteiger partial charge in [-0.3, -0.25) is 9.69 Å². The first-order valence-electron chi connectivity index (χ1n) is 5.25. The summed E-state index contributed by atoms with van der Waals surface area (Å²) in [6.45, 7) is -0.500. The summed E-state index contributed by atoms with van der Waals surface area (Å²) >= 11 is 6.71. The number of likely N-dealkylation sites (tertiary alicyclic amines) is 1. The molecule has 10 heteroatoms. The van der Waals surface area contributed by atoms with Gasteiger partial charge in [-0.25, -0.2) is 0 Å². The molecule has 1 saturated heterocycles. The lowest BCUT2D eigenvalue weighted by Gasteiger charge is -2.27. The number of aromatic nitrogens is 2. The molecule has 0 aliphatic carbocycles. The van der Waals surface area contributed by atoms with Gasteiger partial charge >= 0.3 is 12.1 Å². The Hall–Kier alpha value is -0.930. The number of hydrogen-bond donors (Lipinski definition) is 1. The van der Waals surface area contributed by atoms with Crippen molar-refractivity contribution in [2.75, 3.05) is 13.1 Å². The van der Waals surface area contributed by atoms with Gasteiger partial charge in [0.15, 0.2) is 5.41 Å². The van der Waals surface area contributed by atoms with Gasteiger partial charge in [-0.05, 0) is 6.42 Å². The molecule has 1 aliphatic rings. The average Bonchev–Trinajstić information content (AvgIpc) is 2.87. The molecule has 0 spiro atoms. The maximum atomic E-state index is 12.9. The molecular formula is C9H9ClF3N3O2S. The minimum Gasteiger partial charge on any atom is -0.481 e. The lowest BCUT2D eigenvalue weighted by atomic mass is 9.86. The fourth-order valence-electron chi connectivity index (χ4n) is 2.05. The van der Waals surface area contributed by atoms with Crippen molar-refractivity contribution < 1.29 is 23.1 Å². The van der Waals surface area contributed by atoms with Crippen LogP contribution >= 0.6 is 23.1 Å². The summed E-state index contributed by atoms with van der Waals surface area (Å²) in [7, 11) is 0. The Morgan fingerprint density at radius 1 is 1.58 bits per heavy atom. The van der Waals surface area contributed by atoms with E-state index in [0.717, 1.165) is 11.5 Å². The van der Waals surface area contributed by atoms with Crippen LogP contribution in [0.4, 0.5) is 13.2 Å². The number of halogens is 4. The molecule has 1 N–H and O–H groups in total. The van der Waals surface area contributed by atoms with Gasteiger partial charge in [0.2, 0.25) is 0 Å². The fourth-order valence-corrected chi connectivity index (χ4v) is 2.67. The van der Waals surface area contributed by atoms with E-state index in [9.17, 15) is 18.0 Å². The molecule has 19 heavy (non-hydrogen) atoms. The summed E-state index contributed by atoms with van der Waals surface area (Å²) in [5.74, 6) is -1.84. The van der Waals surface area contributed by atoms with Gasteiger partial charge in [0.1, 0.15) is 10.0 Å². The summed E-state index contributed by atoms with van der Waals surface area (Å²) in [5, 5.41) is 12.6. The number of hydrogen-bond acceptors (Lipinski definition) is 5. The van der Waals surface area contributed by atoms with Crippen LogP contribution in [0, 0.1) is 5.41 Å². The molecule has 0 radical (unpaired) electrons. The largest absolute Gasteiger partial charge is 0.481 e. The second-order valence-electron chi connectivity index (χ2n) is 4.34. The van der Waals surface area contributed by atoms with Gasteiger partial charge < -0.3 is 5.11 Å². The van der Waals surface area contributed by atoms with Crippen molar-refractivity contribution in [3.05, 3.63) is 10.0 Å². The summed E-state index contributed by atoms with van der Waals surface area (Å²) in [5.41, 5.74) is -2.34. The van der Waals surface area contributed by atoms with E-state index in [1.807, 2.05) is 0 Å². The van der Waals surface area contributed by atoms with Crippen molar-refractivity contribution in [2.24, 2.45) is 5.41 Å². The number of nitrogens with zero attached hydrogens (tertiary/aromatic N) is 3. The zero-order valence-electron chi connectivity index (χ0n) is 9.45. The predicted octanol–water partition coefficient (Wildman–Crippen LogP) is 2.03. The maximum absolute atomic E-state index is 12.9. The number of alkyl halides is 3. The minimum absolute atomic E-state index is 0.0274. The number of carboxylic acid groups (broad SMARTS) is 1. The molecule has 1 atom stereocenters. The fraction of sp³-hybridized carbons (Fsp3) is 0.667. The van der Waals surface area contributed by atoms with E-state index in [-0.39, 0.29) is 13.1 Å². The van der Waals surface area contributed by atoms with E-state index in [4.69, 9.17) is 16.7 Å². The monoisotopic (exact) mass is 315 g/mol. The molecule has 1 unspecified atom stereocenters. The van der Waals surface area contributed by atoms with Crippen LogP contribution < -0.4 is 0 Å². The van der Waals surface area contributed by atoms with Crippen molar-refractivity contribution >= 4 is 29.1 Å². The summed E-state index contributed by atoms with van der Waals surface area (Å²) < 4.78 is 42.7. The Kier molecular flexibility index (Phi) is 3.72. The molecular weight excluding hydrogens is 307 g/mol. The molecule has 0 aromatic carbocycles. The Morgan fingerprint density at radius 2 is 2.26 bits per heavy atom. The highest BCUT2D eigenvalue weighted by molar-refractivity contribution is 7.10. The Balaban J connectivity index is 2.14. The zero-order chi connectivity index (χ0) is 14.3. The molecule has 1 aromatic rings. The molecule has 1 aliphatic heterocycles. The highest BCUT2D eigenvalue weighted by Gasteiger charge is 2.63. The third-order valence-corrected chi connectivity index (χ3v) is 4.17. The van der Waals surface area contributed by atoms with Gasteiger partial charge in [-0.2, -0.15) is 13.2 Å². The van der Waals surface area contributed by atoms with E-state index in [2.05, 4.69) is 9.59 Å². The van der Waals surface area contributed by atoms with Crippen LogP contribution in [0.15, 0.2) is 0 Å². The van der Waals surface area contributed by atoms with Gasteiger partial charge in [-0.1, -0.05) is 16.1 Å². The summed E-state index contributed by atoms with van der Waals surface area (Å²) in [6, 6.07) is 0. The normalized spacial score (nSPS) is 24.8. The van der Waals surface area contributed by atoms with Crippen LogP contribution in [0.5, 0.6) is 0 Å². The van der Waals surface area contributed by atoms with Gasteiger partial charge in [0.05, 0.1) is 0 Å². The molecule has 106 valence electrons. The number of carbonyl (C=O) groups is 1. The zero-order valence-corrected chi connectivity index (χ0v) is 11.0. The average molecular weight is 316 g/mol. The van der Waals surface area contributed by atoms with Crippen molar-refractivity contribution in [3.8, 4) is 0 Å². The van der Waals surface area contributed by atoms with Crippen molar-refractivity contribution in [1.29, 1.82) is 0 Å². The van der Waals surface area contributed by atoms with Crippen LogP contribution in [0.2, 0.25) is 4.34 Å². The lowest BCUT2D eigenvalue weighted by Crippen LogP contribution is -2.47. The lowest BCUT2D eigenvalue weighted by molar-refractivity contribution is -0.227. The Bertz CT molecular complexity index is 495. The standard InChI is InChI=1S/C9H9ClF3N3O2S/c10-6-5(14-15-19-6)3-16-2-1-8(4-16,7(17)18)9(11,12)13/h1-4H2,(H,17,18). The second kappa shape index (κ2) is 4.88. The third kappa shape index (κ3) is 2.54. The molecule has 5 nitrogen and oxygen atoms in total. The number of aliphatic carboxylic acids is 1. The van der Waals surface area contributed by atoms with E-state index in [1.54, 1.807) is 0 Å². The second-order valence-corrected chi connectivity index (χ2v) is 5.70. The van der Waals surface area contributed by atoms with Crippen LogP contribution in [-0.2, 0) is 11.3 Å². The first-order chi connectivity index (χ1) is 8.76. The SMILES string of the molecule is O=C(O)C1(C(F)(F)F)CCN(Cc2nnsc2Cl)C1.